The van der Waals surface area contributed by atoms with E-state index in [2.05, 4.69) is 41.1 Å². The third-order valence-electron chi connectivity index (χ3n) is 4.24. The fourth-order valence-corrected chi connectivity index (χ4v) is 2.84. The van der Waals surface area contributed by atoms with E-state index in [-0.39, 0.29) is 11.5 Å². The summed E-state index contributed by atoms with van der Waals surface area (Å²) in [5.41, 5.74) is 5.28. The summed E-state index contributed by atoms with van der Waals surface area (Å²) in [6.07, 6.45) is 2.36. The van der Waals surface area contributed by atoms with Gasteiger partial charge in [-0.25, -0.2) is 0 Å². The molecule has 5 heteroatoms. The van der Waals surface area contributed by atoms with Crippen LogP contribution in [0.15, 0.2) is 35.9 Å². The predicted molar refractivity (Wildman–Crippen MR) is 103 cm³/mol. The minimum Gasteiger partial charge on any atom is -0.385 e. The Hall–Kier alpha value is -2.84. The molecule has 2 aromatic rings. The van der Waals surface area contributed by atoms with Gasteiger partial charge in [0.15, 0.2) is 0 Å². The number of rotatable bonds is 7. The van der Waals surface area contributed by atoms with Crippen molar-refractivity contribution in [3.8, 4) is 11.8 Å². The number of benzene rings is 1. The Labute approximate surface area is 154 Å². The van der Waals surface area contributed by atoms with E-state index in [4.69, 9.17) is 4.74 Å². The largest absolute Gasteiger partial charge is 0.385 e. The van der Waals surface area contributed by atoms with Gasteiger partial charge >= 0.3 is 0 Å². The number of carbonyl (C=O) groups is 1. The maximum Gasteiger partial charge on any atom is 0.261 e. The fourth-order valence-electron chi connectivity index (χ4n) is 2.84. The number of ether oxygens (including phenoxy) is 1. The van der Waals surface area contributed by atoms with E-state index in [1.54, 1.807) is 13.2 Å². The zero-order valence-electron chi connectivity index (χ0n) is 15.8. The molecular formula is C21H25N3O2. The van der Waals surface area contributed by atoms with E-state index in [0.29, 0.717) is 19.6 Å². The predicted octanol–water partition coefficient (Wildman–Crippen LogP) is 3.46. The van der Waals surface area contributed by atoms with E-state index in [1.807, 2.05) is 26.0 Å². The average molecular weight is 351 g/mol. The molecule has 0 aliphatic rings. The van der Waals surface area contributed by atoms with Crippen LogP contribution in [-0.4, -0.2) is 30.7 Å². The molecule has 0 bridgehead atoms. The molecule has 0 atom stereocenters. The van der Waals surface area contributed by atoms with Gasteiger partial charge in [-0.3, -0.25) is 4.79 Å². The Balaban J connectivity index is 2.26. The average Bonchev–Trinajstić information content (AvgIpc) is 2.91. The molecule has 0 saturated carbocycles. The maximum absolute atomic E-state index is 12.2. The van der Waals surface area contributed by atoms with Gasteiger partial charge in [-0.15, -0.1) is 0 Å². The van der Waals surface area contributed by atoms with E-state index >= 15 is 0 Å². The highest BCUT2D eigenvalue weighted by Crippen LogP contribution is 2.23. The van der Waals surface area contributed by atoms with Crippen molar-refractivity contribution in [3.63, 3.8) is 0 Å². The summed E-state index contributed by atoms with van der Waals surface area (Å²) in [7, 11) is 1.62. The van der Waals surface area contributed by atoms with Gasteiger partial charge in [0.2, 0.25) is 0 Å². The van der Waals surface area contributed by atoms with Crippen LogP contribution in [0.5, 0.6) is 0 Å². The van der Waals surface area contributed by atoms with E-state index < -0.39 is 0 Å². The molecule has 2 rings (SSSR count). The van der Waals surface area contributed by atoms with Crippen LogP contribution in [0.2, 0.25) is 0 Å². The molecule has 0 aliphatic heterocycles. The van der Waals surface area contributed by atoms with Crippen molar-refractivity contribution in [2.45, 2.75) is 27.2 Å². The summed E-state index contributed by atoms with van der Waals surface area (Å²) in [5, 5.41) is 12.1. The SMILES string of the molecule is COCCCNC(=O)/C(C#N)=C/c1cc(C)n(-c2ccc(C)cc2)c1C. The first-order chi connectivity index (χ1) is 12.5. The number of methoxy groups -OCH3 is 1. The molecule has 0 spiro atoms. The number of hydrogen-bond donors (Lipinski definition) is 1. The van der Waals surface area contributed by atoms with E-state index in [9.17, 15) is 10.1 Å². The first-order valence-electron chi connectivity index (χ1n) is 8.63. The van der Waals surface area contributed by atoms with Crippen LogP contribution in [0.1, 0.15) is 28.9 Å². The van der Waals surface area contributed by atoms with Crippen molar-refractivity contribution in [2.24, 2.45) is 0 Å². The summed E-state index contributed by atoms with van der Waals surface area (Å²) in [6.45, 7) is 7.11. The van der Waals surface area contributed by atoms with Crippen molar-refractivity contribution in [1.29, 1.82) is 5.26 Å². The number of aromatic nitrogens is 1. The van der Waals surface area contributed by atoms with Crippen LogP contribution in [0.25, 0.3) is 11.8 Å². The molecule has 1 heterocycles. The van der Waals surface area contributed by atoms with Crippen molar-refractivity contribution < 1.29 is 9.53 Å². The van der Waals surface area contributed by atoms with Crippen LogP contribution in [0.3, 0.4) is 0 Å². The first-order valence-corrected chi connectivity index (χ1v) is 8.63. The first kappa shape index (κ1) is 19.5. The fraction of sp³-hybridized carbons (Fsp3) is 0.333. The lowest BCUT2D eigenvalue weighted by molar-refractivity contribution is -0.117. The maximum atomic E-state index is 12.2. The zero-order valence-corrected chi connectivity index (χ0v) is 15.8. The van der Waals surface area contributed by atoms with E-state index in [1.165, 1.54) is 5.56 Å². The molecule has 26 heavy (non-hydrogen) atoms. The lowest BCUT2D eigenvalue weighted by Crippen LogP contribution is -2.26. The molecule has 1 aromatic heterocycles. The third-order valence-corrected chi connectivity index (χ3v) is 4.24. The normalized spacial score (nSPS) is 11.3. The number of nitriles is 1. The van der Waals surface area contributed by atoms with Crippen LogP contribution in [0, 0.1) is 32.1 Å². The molecule has 0 radical (unpaired) electrons. The number of nitrogens with one attached hydrogen (secondary N) is 1. The lowest BCUT2D eigenvalue weighted by atomic mass is 10.1. The number of hydrogen-bond acceptors (Lipinski definition) is 3. The zero-order chi connectivity index (χ0) is 19.1. The molecule has 0 unspecified atom stereocenters. The summed E-state index contributed by atoms with van der Waals surface area (Å²) < 4.78 is 7.08. The van der Waals surface area contributed by atoms with Crippen molar-refractivity contribution in [3.05, 3.63) is 58.4 Å². The van der Waals surface area contributed by atoms with Gasteiger partial charge in [0.05, 0.1) is 0 Å². The Morgan fingerprint density at radius 3 is 2.58 bits per heavy atom. The Morgan fingerprint density at radius 1 is 1.27 bits per heavy atom. The van der Waals surface area contributed by atoms with Crippen LogP contribution in [0.4, 0.5) is 0 Å². The monoisotopic (exact) mass is 351 g/mol. The second kappa shape index (κ2) is 9.02. The molecule has 1 aromatic carbocycles. The van der Waals surface area contributed by atoms with E-state index in [0.717, 1.165) is 22.6 Å². The second-order valence-electron chi connectivity index (χ2n) is 6.27. The highest BCUT2D eigenvalue weighted by molar-refractivity contribution is 6.01. The van der Waals surface area contributed by atoms with Crippen molar-refractivity contribution in [2.75, 3.05) is 20.3 Å². The lowest BCUT2D eigenvalue weighted by Gasteiger charge is -2.10. The van der Waals surface area contributed by atoms with Crippen LogP contribution in [-0.2, 0) is 9.53 Å². The van der Waals surface area contributed by atoms with Crippen LogP contribution < -0.4 is 5.32 Å². The number of nitrogens with zero attached hydrogens (tertiary/aromatic N) is 2. The standard InChI is InChI=1S/C21H25N3O2/c1-15-6-8-20(9-7-15)24-16(2)12-18(17(24)3)13-19(14-22)21(25)23-10-5-11-26-4/h6-9,12-13H,5,10-11H2,1-4H3,(H,23,25)/b19-13+. The smallest absolute Gasteiger partial charge is 0.261 e. The number of aryl methyl sites for hydroxylation is 2. The molecule has 5 nitrogen and oxygen atoms in total. The highest BCUT2D eigenvalue weighted by Gasteiger charge is 2.13. The van der Waals surface area contributed by atoms with Gasteiger partial charge < -0.3 is 14.6 Å². The molecule has 1 N–H and O–H groups in total. The Morgan fingerprint density at radius 2 is 1.96 bits per heavy atom. The van der Waals surface area contributed by atoms with Gasteiger partial charge in [0.25, 0.3) is 5.91 Å². The number of carbonyl (C=O) groups excluding carboxylic acids is 1. The summed E-state index contributed by atoms with van der Waals surface area (Å²) in [5.74, 6) is -0.358. The highest BCUT2D eigenvalue weighted by atomic mass is 16.5. The molecular weight excluding hydrogens is 326 g/mol. The molecule has 0 saturated heterocycles. The minimum atomic E-state index is -0.358. The molecule has 1 amide bonds. The quantitative estimate of drug-likeness (QED) is 0.472. The Kier molecular flexibility index (Phi) is 6.76. The van der Waals surface area contributed by atoms with Gasteiger partial charge in [0, 0.05) is 37.3 Å². The molecule has 0 fully saturated rings. The summed E-state index contributed by atoms with van der Waals surface area (Å²) >= 11 is 0. The molecule has 0 aliphatic carbocycles. The van der Waals surface area contributed by atoms with Gasteiger partial charge in [-0.1, -0.05) is 17.7 Å². The summed E-state index contributed by atoms with van der Waals surface area (Å²) in [6, 6.07) is 12.3. The van der Waals surface area contributed by atoms with Crippen molar-refractivity contribution >= 4 is 12.0 Å². The van der Waals surface area contributed by atoms with Gasteiger partial charge in [-0.2, -0.15) is 5.26 Å². The Bertz CT molecular complexity index is 839. The summed E-state index contributed by atoms with van der Waals surface area (Å²) in [4.78, 5) is 12.2. The van der Waals surface area contributed by atoms with Crippen LogP contribution >= 0.6 is 0 Å². The minimum absolute atomic E-state index is 0.103. The second-order valence-corrected chi connectivity index (χ2v) is 6.27. The topological polar surface area (TPSA) is 67.0 Å². The molecule has 136 valence electrons. The van der Waals surface area contributed by atoms with Crippen molar-refractivity contribution in [1.82, 2.24) is 9.88 Å². The van der Waals surface area contributed by atoms with Gasteiger partial charge in [0.1, 0.15) is 11.6 Å². The third kappa shape index (κ3) is 4.62. The van der Waals surface area contributed by atoms with Gasteiger partial charge in [-0.05, 0) is 57.0 Å². The number of amides is 1.